The van der Waals surface area contributed by atoms with Gasteiger partial charge in [-0.1, -0.05) is 0 Å². The van der Waals surface area contributed by atoms with Gasteiger partial charge in [0.15, 0.2) is 12.4 Å². The van der Waals surface area contributed by atoms with Gasteiger partial charge in [0.25, 0.3) is 0 Å². The number of nitro benzene ring substituents is 1. The van der Waals surface area contributed by atoms with Crippen LogP contribution in [0.3, 0.4) is 0 Å². The molecule has 1 aromatic rings. The fourth-order valence-electron chi connectivity index (χ4n) is 1.32. The van der Waals surface area contributed by atoms with E-state index in [1.807, 2.05) is 0 Å². The molecule has 0 saturated carbocycles. The van der Waals surface area contributed by atoms with E-state index in [-0.39, 0.29) is 6.29 Å². The first-order chi connectivity index (χ1) is 8.92. The van der Waals surface area contributed by atoms with Crippen molar-refractivity contribution in [3.63, 3.8) is 0 Å². The Morgan fingerprint density at radius 1 is 1.53 bits per heavy atom. The van der Waals surface area contributed by atoms with Crippen molar-refractivity contribution in [1.82, 2.24) is 0 Å². The molecule has 0 amide bonds. The zero-order chi connectivity index (χ0) is 14.6. The van der Waals surface area contributed by atoms with Crippen LogP contribution < -0.4 is 4.74 Å². The maximum absolute atomic E-state index is 13.6. The third kappa shape index (κ3) is 3.03. The number of carbonyl (C=O) groups is 2. The van der Waals surface area contributed by atoms with Crippen LogP contribution in [0, 0.1) is 15.9 Å². The van der Waals surface area contributed by atoms with E-state index in [2.05, 4.69) is 4.74 Å². The largest absolute Gasteiger partial charge is 0.472 e. The molecule has 0 radical (unpaired) electrons. The minimum absolute atomic E-state index is 0.149. The molecule has 0 aliphatic rings. The highest BCUT2D eigenvalue weighted by Gasteiger charge is 2.27. The van der Waals surface area contributed by atoms with E-state index in [1.165, 1.54) is 6.92 Å². The molecule has 0 aliphatic carbocycles. The Hall–Kier alpha value is -2.51. The molecular formula is C11H10FNO6. The predicted molar refractivity (Wildman–Crippen MR) is 60.5 cm³/mol. The summed E-state index contributed by atoms with van der Waals surface area (Å²) in [4.78, 5) is 31.4. The maximum atomic E-state index is 13.6. The Morgan fingerprint density at radius 3 is 2.63 bits per heavy atom. The number of methoxy groups -OCH3 is 1. The summed E-state index contributed by atoms with van der Waals surface area (Å²) in [5, 5.41) is 10.8. The number of hydrogen-bond donors (Lipinski definition) is 0. The summed E-state index contributed by atoms with van der Waals surface area (Å²) in [7, 11) is 1.12. The summed E-state index contributed by atoms with van der Waals surface area (Å²) in [5.41, 5.74) is -1.47. The maximum Gasteiger partial charge on any atom is 0.346 e. The van der Waals surface area contributed by atoms with Crippen LogP contribution in [0.15, 0.2) is 12.1 Å². The Balaban J connectivity index is 3.21. The number of nitro groups is 1. The molecule has 0 aliphatic heterocycles. The van der Waals surface area contributed by atoms with Gasteiger partial charge in [-0.2, -0.15) is 4.39 Å². The number of rotatable bonds is 5. The van der Waals surface area contributed by atoms with E-state index in [1.54, 1.807) is 0 Å². The molecule has 1 aromatic carbocycles. The zero-order valence-corrected chi connectivity index (χ0v) is 10.1. The molecule has 0 aromatic heterocycles. The van der Waals surface area contributed by atoms with Gasteiger partial charge < -0.3 is 9.47 Å². The SMILES string of the molecule is COC(=O)C(C)Oc1ccc(C=O)c(F)c1[N+](=O)[O-]. The molecule has 1 rings (SSSR count). The van der Waals surface area contributed by atoms with E-state index in [0.717, 1.165) is 19.2 Å². The van der Waals surface area contributed by atoms with Gasteiger partial charge in [-0.3, -0.25) is 14.9 Å². The van der Waals surface area contributed by atoms with E-state index in [9.17, 15) is 24.1 Å². The molecule has 1 atom stereocenters. The third-order valence-electron chi connectivity index (χ3n) is 2.26. The van der Waals surface area contributed by atoms with Crippen LogP contribution >= 0.6 is 0 Å². The van der Waals surface area contributed by atoms with Crippen LogP contribution in [0.1, 0.15) is 17.3 Å². The standard InChI is InChI=1S/C11H10FNO6/c1-6(11(15)18-2)19-8-4-3-7(5-14)9(12)10(8)13(16)17/h3-6H,1-2H3. The highest BCUT2D eigenvalue weighted by molar-refractivity contribution is 5.78. The first-order valence-electron chi connectivity index (χ1n) is 5.09. The second-order valence-electron chi connectivity index (χ2n) is 3.47. The summed E-state index contributed by atoms with van der Waals surface area (Å²) >= 11 is 0. The van der Waals surface area contributed by atoms with Gasteiger partial charge in [0, 0.05) is 0 Å². The molecule has 0 fully saturated rings. The van der Waals surface area contributed by atoms with E-state index >= 15 is 0 Å². The topological polar surface area (TPSA) is 95.7 Å². The number of esters is 1. The lowest BCUT2D eigenvalue weighted by Crippen LogP contribution is -2.25. The zero-order valence-electron chi connectivity index (χ0n) is 10.1. The molecular weight excluding hydrogens is 261 g/mol. The van der Waals surface area contributed by atoms with Crippen LogP contribution in [-0.4, -0.2) is 30.4 Å². The minimum atomic E-state index is -1.31. The second kappa shape index (κ2) is 5.89. The molecule has 0 saturated heterocycles. The average Bonchev–Trinajstić information content (AvgIpc) is 2.37. The molecule has 0 bridgehead atoms. The Kier molecular flexibility index (Phi) is 4.51. The van der Waals surface area contributed by atoms with E-state index in [0.29, 0.717) is 0 Å². The van der Waals surface area contributed by atoms with E-state index < -0.39 is 39.8 Å². The van der Waals surface area contributed by atoms with Crippen molar-refractivity contribution in [3.05, 3.63) is 33.6 Å². The van der Waals surface area contributed by atoms with Gasteiger partial charge in [0.2, 0.25) is 11.6 Å². The van der Waals surface area contributed by atoms with Gasteiger partial charge in [0.1, 0.15) is 0 Å². The van der Waals surface area contributed by atoms with Gasteiger partial charge in [0.05, 0.1) is 17.6 Å². The Labute approximate surface area is 107 Å². The third-order valence-corrected chi connectivity index (χ3v) is 2.26. The lowest BCUT2D eigenvalue weighted by Gasteiger charge is -2.12. The van der Waals surface area contributed by atoms with Gasteiger partial charge in [-0.25, -0.2) is 4.79 Å². The molecule has 0 heterocycles. The molecule has 8 heteroatoms. The molecule has 19 heavy (non-hydrogen) atoms. The normalized spacial score (nSPS) is 11.5. The highest BCUT2D eigenvalue weighted by atomic mass is 19.1. The molecule has 0 spiro atoms. The number of hydrogen-bond acceptors (Lipinski definition) is 6. The van der Waals surface area contributed by atoms with Crippen LogP contribution in [0.4, 0.5) is 10.1 Å². The van der Waals surface area contributed by atoms with Crippen molar-refractivity contribution in [2.24, 2.45) is 0 Å². The summed E-state index contributed by atoms with van der Waals surface area (Å²) in [6, 6.07) is 2.07. The van der Waals surface area contributed by atoms with Crippen molar-refractivity contribution in [1.29, 1.82) is 0 Å². The summed E-state index contributed by atoms with van der Waals surface area (Å²) < 4.78 is 23.0. The predicted octanol–water partition coefficient (Wildman–Crippen LogP) is 1.49. The van der Waals surface area contributed by atoms with Crippen LogP contribution in [0.25, 0.3) is 0 Å². The number of benzene rings is 1. The van der Waals surface area contributed by atoms with Gasteiger partial charge in [-0.15, -0.1) is 0 Å². The summed E-state index contributed by atoms with van der Waals surface area (Å²) in [6.07, 6.45) is -0.999. The number of halogens is 1. The van der Waals surface area contributed by atoms with Crippen LogP contribution in [-0.2, 0) is 9.53 Å². The highest BCUT2D eigenvalue weighted by Crippen LogP contribution is 2.32. The van der Waals surface area contributed by atoms with Crippen LogP contribution in [0.2, 0.25) is 0 Å². The number of ether oxygens (including phenoxy) is 2. The smallest absolute Gasteiger partial charge is 0.346 e. The first-order valence-corrected chi connectivity index (χ1v) is 5.09. The fourth-order valence-corrected chi connectivity index (χ4v) is 1.32. The number of carbonyl (C=O) groups excluding carboxylic acids is 2. The Bertz CT molecular complexity index is 530. The molecule has 1 unspecified atom stereocenters. The number of aldehydes is 1. The first kappa shape index (κ1) is 14.6. The monoisotopic (exact) mass is 271 g/mol. The van der Waals surface area contributed by atoms with Crippen molar-refractivity contribution in [2.75, 3.05) is 7.11 Å². The molecule has 102 valence electrons. The Morgan fingerprint density at radius 2 is 2.16 bits per heavy atom. The van der Waals surface area contributed by atoms with Crippen molar-refractivity contribution in [3.8, 4) is 5.75 Å². The average molecular weight is 271 g/mol. The van der Waals surface area contributed by atoms with Crippen LogP contribution in [0.5, 0.6) is 5.75 Å². The molecule has 7 nitrogen and oxygen atoms in total. The lowest BCUT2D eigenvalue weighted by atomic mass is 10.2. The van der Waals surface area contributed by atoms with Gasteiger partial charge >= 0.3 is 11.7 Å². The van der Waals surface area contributed by atoms with Crippen molar-refractivity contribution in [2.45, 2.75) is 13.0 Å². The number of nitrogens with zero attached hydrogens (tertiary/aromatic N) is 1. The quantitative estimate of drug-likeness (QED) is 0.348. The van der Waals surface area contributed by atoms with Crippen molar-refractivity contribution >= 4 is 17.9 Å². The fraction of sp³-hybridized carbons (Fsp3) is 0.273. The summed E-state index contributed by atoms with van der Waals surface area (Å²) in [6.45, 7) is 1.29. The van der Waals surface area contributed by atoms with Crippen molar-refractivity contribution < 1.29 is 28.4 Å². The van der Waals surface area contributed by atoms with Gasteiger partial charge in [-0.05, 0) is 19.1 Å². The second-order valence-corrected chi connectivity index (χ2v) is 3.47. The van der Waals surface area contributed by atoms with E-state index in [4.69, 9.17) is 4.74 Å². The minimum Gasteiger partial charge on any atom is -0.472 e. The lowest BCUT2D eigenvalue weighted by molar-refractivity contribution is -0.388. The summed E-state index contributed by atoms with van der Waals surface area (Å²) in [5.74, 6) is -2.53. The molecule has 0 N–H and O–H groups in total.